The molecule has 1 saturated carbocycles. The van der Waals surface area contributed by atoms with E-state index in [1.807, 2.05) is 18.1 Å². The summed E-state index contributed by atoms with van der Waals surface area (Å²) in [5, 5.41) is 7.12. The van der Waals surface area contributed by atoms with Crippen LogP contribution in [0.25, 0.3) is 0 Å². The molecule has 0 bridgehead atoms. The van der Waals surface area contributed by atoms with Gasteiger partial charge >= 0.3 is 0 Å². The number of hydrogen-bond acceptors (Lipinski definition) is 4. The Morgan fingerprint density at radius 2 is 2.14 bits per heavy atom. The summed E-state index contributed by atoms with van der Waals surface area (Å²) >= 11 is 0. The van der Waals surface area contributed by atoms with Gasteiger partial charge in [0.2, 0.25) is 11.8 Å². The lowest BCUT2D eigenvalue weighted by Crippen LogP contribution is -2.54. The molecule has 1 aliphatic heterocycles. The summed E-state index contributed by atoms with van der Waals surface area (Å²) in [6, 6.07) is -0.0212. The molecule has 8 heteroatoms. The predicted molar refractivity (Wildman–Crippen MR) is 83.6 cm³/mol. The number of piperazine rings is 1. The Balaban J connectivity index is 0.00000176. The fourth-order valence-corrected chi connectivity index (χ4v) is 2.85. The molecule has 1 N–H and O–H groups in total. The van der Waals surface area contributed by atoms with E-state index in [0.717, 1.165) is 18.4 Å². The summed E-state index contributed by atoms with van der Waals surface area (Å²) in [5.41, 5.74) is 0.821. The fourth-order valence-electron chi connectivity index (χ4n) is 2.85. The van der Waals surface area contributed by atoms with Gasteiger partial charge in [-0.1, -0.05) is 0 Å². The number of carbonyl (C=O) groups excluding carboxylic acids is 2. The molecule has 1 aromatic heterocycles. The number of nitrogens with zero attached hydrogens (tertiary/aromatic N) is 4. The second kappa shape index (κ2) is 6.66. The standard InChI is InChI=1S/C14H21N5O2.ClH/c1-15-13(10-7-16-17(2)8-10)14(21)18-5-6-19(11-3-4-11)12(20)9-18;/h7-8,11,13,15H,3-6,9H2,1-2H3;1H. The fraction of sp³-hybridized carbons (Fsp3) is 0.643. The minimum atomic E-state index is -0.445. The van der Waals surface area contributed by atoms with E-state index in [1.165, 1.54) is 0 Å². The van der Waals surface area contributed by atoms with Gasteiger partial charge in [-0.2, -0.15) is 5.10 Å². The first-order valence-corrected chi connectivity index (χ1v) is 7.34. The lowest BCUT2D eigenvalue weighted by atomic mass is 10.1. The maximum absolute atomic E-state index is 12.6. The second-order valence-corrected chi connectivity index (χ2v) is 5.75. The number of likely N-dealkylation sites (N-methyl/N-ethyl adjacent to an activating group) is 1. The summed E-state index contributed by atoms with van der Waals surface area (Å²) in [6.07, 6.45) is 5.71. The van der Waals surface area contributed by atoms with Crippen LogP contribution < -0.4 is 5.32 Å². The smallest absolute Gasteiger partial charge is 0.244 e. The summed E-state index contributed by atoms with van der Waals surface area (Å²) in [7, 11) is 3.57. The Morgan fingerprint density at radius 1 is 1.41 bits per heavy atom. The average molecular weight is 328 g/mol. The van der Waals surface area contributed by atoms with Gasteiger partial charge in [0, 0.05) is 37.9 Å². The van der Waals surface area contributed by atoms with Gasteiger partial charge in [0.1, 0.15) is 6.04 Å². The van der Waals surface area contributed by atoms with Crippen molar-refractivity contribution in [3.05, 3.63) is 18.0 Å². The van der Waals surface area contributed by atoms with Crippen LogP contribution in [-0.4, -0.2) is 64.1 Å². The van der Waals surface area contributed by atoms with Crippen LogP contribution in [0.4, 0.5) is 0 Å². The zero-order valence-corrected chi connectivity index (χ0v) is 13.7. The van der Waals surface area contributed by atoms with Crippen molar-refractivity contribution in [2.75, 3.05) is 26.7 Å². The molecule has 2 aliphatic rings. The first-order valence-electron chi connectivity index (χ1n) is 7.34. The first-order chi connectivity index (χ1) is 10.1. The van der Waals surface area contributed by atoms with Crippen molar-refractivity contribution < 1.29 is 9.59 Å². The third-order valence-electron chi connectivity index (χ3n) is 4.15. The van der Waals surface area contributed by atoms with Crippen molar-refractivity contribution in [2.45, 2.75) is 24.9 Å². The van der Waals surface area contributed by atoms with E-state index in [2.05, 4.69) is 10.4 Å². The highest BCUT2D eigenvalue weighted by atomic mass is 35.5. The van der Waals surface area contributed by atoms with Crippen LogP contribution in [-0.2, 0) is 16.6 Å². The molecule has 2 fully saturated rings. The van der Waals surface area contributed by atoms with Crippen LogP contribution in [0.1, 0.15) is 24.4 Å². The second-order valence-electron chi connectivity index (χ2n) is 5.75. The number of halogens is 1. The molecule has 1 aromatic rings. The third-order valence-corrected chi connectivity index (χ3v) is 4.15. The Labute approximate surface area is 136 Å². The van der Waals surface area contributed by atoms with E-state index in [1.54, 1.807) is 22.8 Å². The maximum Gasteiger partial charge on any atom is 0.244 e. The number of hydrogen-bond donors (Lipinski definition) is 1. The molecular formula is C14H22ClN5O2. The number of aryl methyl sites for hydroxylation is 1. The van der Waals surface area contributed by atoms with Crippen molar-refractivity contribution in [3.8, 4) is 0 Å². The Kier molecular flexibility index (Phi) is 5.08. The zero-order chi connectivity index (χ0) is 15.0. The SMILES string of the molecule is CNC(C(=O)N1CCN(C2CC2)C(=O)C1)c1cnn(C)c1.Cl. The van der Waals surface area contributed by atoms with Crippen LogP contribution in [0.2, 0.25) is 0 Å². The van der Waals surface area contributed by atoms with E-state index in [9.17, 15) is 9.59 Å². The molecule has 122 valence electrons. The van der Waals surface area contributed by atoms with Gasteiger partial charge < -0.3 is 15.1 Å². The number of amides is 2. The van der Waals surface area contributed by atoms with Crippen molar-refractivity contribution in [1.82, 2.24) is 24.9 Å². The molecule has 3 rings (SSSR count). The van der Waals surface area contributed by atoms with Crippen molar-refractivity contribution in [1.29, 1.82) is 0 Å². The summed E-state index contributed by atoms with van der Waals surface area (Å²) in [6.45, 7) is 1.45. The number of aromatic nitrogens is 2. The number of nitrogens with one attached hydrogen (secondary N) is 1. The molecule has 0 aromatic carbocycles. The van der Waals surface area contributed by atoms with E-state index in [4.69, 9.17) is 0 Å². The van der Waals surface area contributed by atoms with Crippen molar-refractivity contribution in [3.63, 3.8) is 0 Å². The van der Waals surface area contributed by atoms with Gasteiger partial charge in [-0.3, -0.25) is 14.3 Å². The molecule has 1 saturated heterocycles. The molecule has 1 aliphatic carbocycles. The molecular weight excluding hydrogens is 306 g/mol. The summed E-state index contributed by atoms with van der Waals surface area (Å²) in [4.78, 5) is 28.3. The average Bonchev–Trinajstić information content (AvgIpc) is 3.22. The molecule has 0 radical (unpaired) electrons. The van der Waals surface area contributed by atoms with Gasteiger partial charge in [-0.15, -0.1) is 12.4 Å². The van der Waals surface area contributed by atoms with Crippen molar-refractivity contribution >= 4 is 24.2 Å². The van der Waals surface area contributed by atoms with Gasteiger partial charge in [0.15, 0.2) is 0 Å². The molecule has 0 spiro atoms. The number of carbonyl (C=O) groups is 2. The third kappa shape index (κ3) is 3.25. The summed E-state index contributed by atoms with van der Waals surface area (Å²) in [5.74, 6) is 0.00689. The first kappa shape index (κ1) is 16.8. The quantitative estimate of drug-likeness (QED) is 0.841. The van der Waals surface area contributed by atoms with Crippen LogP contribution in [0.5, 0.6) is 0 Å². The summed E-state index contributed by atoms with van der Waals surface area (Å²) < 4.78 is 1.67. The highest BCUT2D eigenvalue weighted by molar-refractivity contribution is 5.89. The Hall–Kier alpha value is -1.60. The van der Waals surface area contributed by atoms with Crippen LogP contribution in [0.3, 0.4) is 0 Å². The predicted octanol–water partition coefficient (Wildman–Crippen LogP) is -0.0644. The van der Waals surface area contributed by atoms with Gasteiger partial charge in [-0.05, 0) is 19.9 Å². The van der Waals surface area contributed by atoms with Gasteiger partial charge in [0.25, 0.3) is 0 Å². The molecule has 22 heavy (non-hydrogen) atoms. The molecule has 2 heterocycles. The minimum Gasteiger partial charge on any atom is -0.336 e. The largest absolute Gasteiger partial charge is 0.336 e. The highest BCUT2D eigenvalue weighted by Gasteiger charge is 2.38. The van der Waals surface area contributed by atoms with E-state index >= 15 is 0 Å². The topological polar surface area (TPSA) is 70.5 Å². The number of rotatable bonds is 4. The van der Waals surface area contributed by atoms with Gasteiger partial charge in [-0.25, -0.2) is 0 Å². The van der Waals surface area contributed by atoms with Crippen LogP contribution in [0, 0.1) is 0 Å². The molecule has 1 unspecified atom stereocenters. The van der Waals surface area contributed by atoms with Crippen molar-refractivity contribution in [2.24, 2.45) is 7.05 Å². The minimum absolute atomic E-state index is 0. The monoisotopic (exact) mass is 327 g/mol. The lowest BCUT2D eigenvalue weighted by molar-refractivity contribution is -0.146. The normalized spacial score (nSPS) is 19.8. The van der Waals surface area contributed by atoms with E-state index in [-0.39, 0.29) is 30.8 Å². The Bertz CT molecular complexity index is 557. The van der Waals surface area contributed by atoms with Crippen LogP contribution >= 0.6 is 12.4 Å². The van der Waals surface area contributed by atoms with Crippen LogP contribution in [0.15, 0.2) is 12.4 Å². The molecule has 7 nitrogen and oxygen atoms in total. The van der Waals surface area contributed by atoms with E-state index < -0.39 is 6.04 Å². The Morgan fingerprint density at radius 3 is 2.64 bits per heavy atom. The van der Waals surface area contributed by atoms with Gasteiger partial charge in [0.05, 0.1) is 12.7 Å². The zero-order valence-electron chi connectivity index (χ0n) is 12.9. The highest BCUT2D eigenvalue weighted by Crippen LogP contribution is 2.28. The molecule has 1 atom stereocenters. The lowest BCUT2D eigenvalue weighted by Gasteiger charge is -2.36. The molecule has 2 amide bonds. The maximum atomic E-state index is 12.6. The van der Waals surface area contributed by atoms with E-state index in [0.29, 0.717) is 19.1 Å².